The summed E-state index contributed by atoms with van der Waals surface area (Å²) in [5, 5.41) is 0. The standard InChI is InChI=1S/C19H17N3O3/c1-20-13(12-21-10-5-9-16(21)19(20)25)6-4-11-22-17(23)14-7-2-3-8-15(14)18(22)24/h2-3,5,7-10,12H,4,6,11H2,1H3. The summed E-state index contributed by atoms with van der Waals surface area (Å²) in [5.41, 5.74) is 2.38. The molecule has 6 nitrogen and oxygen atoms in total. The molecule has 0 fully saturated rings. The summed E-state index contributed by atoms with van der Waals surface area (Å²) in [6.45, 7) is 0.338. The molecule has 1 aliphatic rings. The first kappa shape index (κ1) is 15.4. The number of amides is 2. The van der Waals surface area contributed by atoms with Crippen molar-refractivity contribution in [1.29, 1.82) is 0 Å². The number of hydrogen-bond acceptors (Lipinski definition) is 3. The van der Waals surface area contributed by atoms with Crippen LogP contribution in [0, 0.1) is 0 Å². The van der Waals surface area contributed by atoms with Gasteiger partial charge in [0, 0.05) is 31.7 Å². The van der Waals surface area contributed by atoms with E-state index in [0.717, 1.165) is 5.69 Å². The number of carbonyl (C=O) groups is 2. The Labute approximate surface area is 143 Å². The van der Waals surface area contributed by atoms with Crippen molar-refractivity contribution in [2.24, 2.45) is 7.05 Å². The van der Waals surface area contributed by atoms with Crippen molar-refractivity contribution in [3.8, 4) is 0 Å². The van der Waals surface area contributed by atoms with Crippen molar-refractivity contribution >= 4 is 17.3 Å². The highest BCUT2D eigenvalue weighted by Crippen LogP contribution is 2.22. The average molecular weight is 335 g/mol. The maximum atomic E-state index is 12.4. The molecule has 0 saturated carbocycles. The van der Waals surface area contributed by atoms with Gasteiger partial charge in [0.25, 0.3) is 17.4 Å². The fourth-order valence-electron chi connectivity index (χ4n) is 3.33. The summed E-state index contributed by atoms with van der Waals surface area (Å²) < 4.78 is 3.43. The number of aromatic nitrogens is 2. The predicted molar refractivity (Wildman–Crippen MR) is 92.8 cm³/mol. The number of nitrogens with zero attached hydrogens (tertiary/aromatic N) is 3. The zero-order valence-electron chi connectivity index (χ0n) is 13.8. The smallest absolute Gasteiger partial charge is 0.274 e. The highest BCUT2D eigenvalue weighted by molar-refractivity contribution is 6.21. The molecule has 0 atom stereocenters. The van der Waals surface area contributed by atoms with Crippen LogP contribution in [0.4, 0.5) is 0 Å². The van der Waals surface area contributed by atoms with Gasteiger partial charge in [-0.15, -0.1) is 0 Å². The lowest BCUT2D eigenvalue weighted by Gasteiger charge is -2.15. The van der Waals surface area contributed by atoms with E-state index < -0.39 is 0 Å². The van der Waals surface area contributed by atoms with Crippen LogP contribution in [0.15, 0.2) is 53.6 Å². The van der Waals surface area contributed by atoms with Crippen LogP contribution in [0.5, 0.6) is 0 Å². The molecular formula is C19H17N3O3. The summed E-state index contributed by atoms with van der Waals surface area (Å²) in [6, 6.07) is 10.5. The van der Waals surface area contributed by atoms with Crippen LogP contribution in [-0.4, -0.2) is 32.2 Å². The molecule has 126 valence electrons. The predicted octanol–water partition coefficient (Wildman–Crippen LogP) is 1.87. The number of aryl methyl sites for hydroxylation is 1. The zero-order chi connectivity index (χ0) is 17.6. The van der Waals surface area contributed by atoms with Crippen LogP contribution in [0.25, 0.3) is 5.52 Å². The minimum Gasteiger partial charge on any atom is -0.317 e. The van der Waals surface area contributed by atoms with Crippen molar-refractivity contribution in [3.63, 3.8) is 0 Å². The molecule has 0 saturated heterocycles. The Morgan fingerprint density at radius 3 is 2.28 bits per heavy atom. The Bertz CT molecular complexity index is 1030. The summed E-state index contributed by atoms with van der Waals surface area (Å²) in [5.74, 6) is -0.481. The SMILES string of the molecule is Cn1c(CCCN2C(=O)c3ccccc3C2=O)cn2cccc2c1=O. The first-order chi connectivity index (χ1) is 12.1. The van der Waals surface area contributed by atoms with Crippen molar-refractivity contribution in [1.82, 2.24) is 13.9 Å². The molecule has 0 N–H and O–H groups in total. The molecule has 3 aromatic rings. The van der Waals surface area contributed by atoms with Gasteiger partial charge in [0.05, 0.1) is 11.1 Å². The van der Waals surface area contributed by atoms with Crippen molar-refractivity contribution < 1.29 is 9.59 Å². The molecular weight excluding hydrogens is 318 g/mol. The topological polar surface area (TPSA) is 63.8 Å². The molecule has 0 bridgehead atoms. The highest BCUT2D eigenvalue weighted by Gasteiger charge is 2.34. The first-order valence-electron chi connectivity index (χ1n) is 8.19. The lowest BCUT2D eigenvalue weighted by Crippen LogP contribution is -2.31. The largest absolute Gasteiger partial charge is 0.317 e. The van der Waals surface area contributed by atoms with Crippen LogP contribution in [-0.2, 0) is 13.5 Å². The Balaban J connectivity index is 1.51. The molecule has 1 aromatic carbocycles. The normalized spacial score (nSPS) is 13.7. The lowest BCUT2D eigenvalue weighted by molar-refractivity contribution is 0.0652. The molecule has 0 spiro atoms. The van der Waals surface area contributed by atoms with E-state index >= 15 is 0 Å². The van der Waals surface area contributed by atoms with Gasteiger partial charge in [0.15, 0.2) is 0 Å². The molecule has 3 heterocycles. The maximum absolute atomic E-state index is 12.4. The summed E-state index contributed by atoms with van der Waals surface area (Å²) in [6.07, 6.45) is 4.96. The maximum Gasteiger partial charge on any atom is 0.274 e. The molecule has 4 rings (SSSR count). The fraction of sp³-hybridized carbons (Fsp3) is 0.211. The van der Waals surface area contributed by atoms with E-state index in [1.54, 1.807) is 46.3 Å². The number of imide groups is 1. The van der Waals surface area contributed by atoms with E-state index in [2.05, 4.69) is 0 Å². The second kappa shape index (κ2) is 5.73. The molecule has 0 aliphatic carbocycles. The molecule has 2 amide bonds. The minimum absolute atomic E-state index is 0.0526. The molecule has 1 aliphatic heterocycles. The number of fused-ring (bicyclic) bond motifs is 2. The van der Waals surface area contributed by atoms with E-state index in [-0.39, 0.29) is 17.4 Å². The molecule has 2 aromatic heterocycles. The Morgan fingerprint density at radius 2 is 1.60 bits per heavy atom. The van der Waals surface area contributed by atoms with E-state index in [1.807, 2.05) is 18.5 Å². The van der Waals surface area contributed by atoms with Crippen LogP contribution >= 0.6 is 0 Å². The molecule has 6 heteroatoms. The van der Waals surface area contributed by atoms with Crippen LogP contribution in [0.2, 0.25) is 0 Å². The van der Waals surface area contributed by atoms with E-state index in [1.165, 1.54) is 4.90 Å². The van der Waals surface area contributed by atoms with Gasteiger partial charge < -0.3 is 8.97 Å². The van der Waals surface area contributed by atoms with Gasteiger partial charge in [-0.2, -0.15) is 0 Å². The summed E-state index contributed by atoms with van der Waals surface area (Å²) in [7, 11) is 1.74. The van der Waals surface area contributed by atoms with E-state index in [0.29, 0.717) is 36.0 Å². The van der Waals surface area contributed by atoms with Crippen LogP contribution < -0.4 is 5.56 Å². The lowest BCUT2D eigenvalue weighted by atomic mass is 10.1. The third-order valence-electron chi connectivity index (χ3n) is 4.71. The number of rotatable bonds is 4. The number of carbonyl (C=O) groups excluding carboxylic acids is 2. The second-order valence-corrected chi connectivity index (χ2v) is 6.20. The summed E-state index contributed by atoms with van der Waals surface area (Å²) >= 11 is 0. The second-order valence-electron chi connectivity index (χ2n) is 6.20. The van der Waals surface area contributed by atoms with Crippen LogP contribution in [0.1, 0.15) is 32.8 Å². The molecule has 0 radical (unpaired) electrons. The van der Waals surface area contributed by atoms with E-state index in [9.17, 15) is 14.4 Å². The zero-order valence-corrected chi connectivity index (χ0v) is 13.8. The third kappa shape index (κ3) is 2.38. The quantitative estimate of drug-likeness (QED) is 0.684. The Kier molecular flexibility index (Phi) is 3.53. The average Bonchev–Trinajstić information content (AvgIpc) is 3.18. The Hall–Kier alpha value is -3.15. The van der Waals surface area contributed by atoms with Gasteiger partial charge in [-0.3, -0.25) is 19.3 Å². The number of hydrogen-bond donors (Lipinski definition) is 0. The van der Waals surface area contributed by atoms with Crippen molar-refractivity contribution in [2.45, 2.75) is 12.8 Å². The minimum atomic E-state index is -0.240. The van der Waals surface area contributed by atoms with Gasteiger partial charge in [0.2, 0.25) is 0 Å². The highest BCUT2D eigenvalue weighted by atomic mass is 16.2. The fourth-order valence-corrected chi connectivity index (χ4v) is 3.33. The van der Waals surface area contributed by atoms with Crippen molar-refractivity contribution in [3.05, 3.63) is 76.0 Å². The van der Waals surface area contributed by atoms with E-state index in [4.69, 9.17) is 0 Å². The number of benzene rings is 1. The first-order valence-corrected chi connectivity index (χ1v) is 8.19. The van der Waals surface area contributed by atoms with Gasteiger partial charge in [-0.25, -0.2) is 0 Å². The van der Waals surface area contributed by atoms with Gasteiger partial charge in [0.1, 0.15) is 5.52 Å². The van der Waals surface area contributed by atoms with Gasteiger partial charge in [-0.05, 0) is 37.1 Å². The van der Waals surface area contributed by atoms with Crippen molar-refractivity contribution in [2.75, 3.05) is 6.54 Å². The molecule has 25 heavy (non-hydrogen) atoms. The van der Waals surface area contributed by atoms with Crippen LogP contribution in [0.3, 0.4) is 0 Å². The third-order valence-corrected chi connectivity index (χ3v) is 4.71. The summed E-state index contributed by atoms with van der Waals surface area (Å²) in [4.78, 5) is 38.3. The van der Waals surface area contributed by atoms with Gasteiger partial charge in [-0.1, -0.05) is 12.1 Å². The molecule has 0 unspecified atom stereocenters. The Morgan fingerprint density at radius 1 is 0.920 bits per heavy atom. The van der Waals surface area contributed by atoms with Gasteiger partial charge >= 0.3 is 0 Å². The monoisotopic (exact) mass is 335 g/mol.